The third-order valence-electron chi connectivity index (χ3n) is 6.94. The molecule has 2 heterocycles. The monoisotopic (exact) mass is 426 g/mol. The van der Waals surface area contributed by atoms with E-state index in [9.17, 15) is 14.4 Å². The molecule has 2 saturated heterocycles. The molecule has 1 aromatic carbocycles. The summed E-state index contributed by atoms with van der Waals surface area (Å²) in [5.74, 6) is 0.832. The first kappa shape index (κ1) is 21.8. The second-order valence-electron chi connectivity index (χ2n) is 9.80. The topological polar surface area (TPSA) is 81.8 Å². The molecule has 7 heteroatoms. The van der Waals surface area contributed by atoms with E-state index in [1.807, 2.05) is 18.2 Å². The third kappa shape index (κ3) is 4.76. The van der Waals surface area contributed by atoms with Crippen LogP contribution < -0.4 is 10.6 Å². The van der Waals surface area contributed by atoms with Crippen molar-refractivity contribution in [3.8, 4) is 0 Å². The van der Waals surface area contributed by atoms with Crippen molar-refractivity contribution in [3.05, 3.63) is 35.4 Å². The number of likely N-dealkylation sites (tertiary alicyclic amines) is 1. The van der Waals surface area contributed by atoms with E-state index in [0.717, 1.165) is 42.9 Å². The van der Waals surface area contributed by atoms with Gasteiger partial charge in [0.1, 0.15) is 12.1 Å². The van der Waals surface area contributed by atoms with Crippen LogP contribution in [0.4, 0.5) is 4.79 Å². The molecule has 1 aliphatic carbocycles. The van der Waals surface area contributed by atoms with Gasteiger partial charge in [0.25, 0.3) is 5.91 Å². The zero-order valence-electron chi connectivity index (χ0n) is 18.7. The molecule has 1 aromatic rings. The fraction of sp³-hybridized carbons (Fsp3) is 0.625. The van der Waals surface area contributed by atoms with Gasteiger partial charge in [0, 0.05) is 26.2 Å². The number of carbonyl (C=O) groups is 3. The minimum absolute atomic E-state index is 0.226. The van der Waals surface area contributed by atoms with Crippen molar-refractivity contribution >= 4 is 17.8 Å². The summed E-state index contributed by atoms with van der Waals surface area (Å²) < 4.78 is 0. The number of nitrogens with one attached hydrogen (secondary N) is 2. The van der Waals surface area contributed by atoms with E-state index in [1.54, 1.807) is 0 Å². The van der Waals surface area contributed by atoms with Crippen LogP contribution in [0.3, 0.4) is 0 Å². The number of nitrogens with zero attached hydrogens (tertiary/aromatic N) is 2. The molecular formula is C24H34N4O3. The van der Waals surface area contributed by atoms with Crippen molar-refractivity contribution < 1.29 is 14.4 Å². The summed E-state index contributed by atoms with van der Waals surface area (Å²) >= 11 is 0. The van der Waals surface area contributed by atoms with Crippen molar-refractivity contribution in [2.75, 3.05) is 19.6 Å². The summed E-state index contributed by atoms with van der Waals surface area (Å²) in [4.78, 5) is 41.2. The van der Waals surface area contributed by atoms with Crippen LogP contribution in [0.5, 0.6) is 0 Å². The Balaban J connectivity index is 1.34. The second kappa shape index (κ2) is 8.99. The molecule has 0 bridgehead atoms. The standard InChI is InChI=1S/C24H34N4O3/c1-17-11-18(2)14-27(13-17)15-20-8-4-3-7-19(20)12-25-21(29)16-28-22(30)24(26-23(28)31)9-5-6-10-24/h3-4,7-8,17-18H,5-6,9-16H2,1-2H3,(H,25,29)(H,26,31)/t17-,18+. The fourth-order valence-corrected chi connectivity index (χ4v) is 5.58. The van der Waals surface area contributed by atoms with Gasteiger partial charge in [-0.25, -0.2) is 4.79 Å². The molecule has 4 amide bonds. The minimum Gasteiger partial charge on any atom is -0.350 e. The number of piperidine rings is 1. The lowest BCUT2D eigenvalue weighted by Crippen LogP contribution is -2.45. The fourth-order valence-electron chi connectivity index (χ4n) is 5.58. The molecule has 4 rings (SSSR count). The van der Waals surface area contributed by atoms with E-state index in [4.69, 9.17) is 0 Å². The Bertz CT molecular complexity index is 839. The minimum atomic E-state index is -0.771. The number of carbonyl (C=O) groups excluding carboxylic acids is 3. The summed E-state index contributed by atoms with van der Waals surface area (Å²) in [5.41, 5.74) is 1.52. The van der Waals surface area contributed by atoms with Crippen LogP contribution in [0, 0.1) is 11.8 Å². The largest absolute Gasteiger partial charge is 0.350 e. The highest BCUT2D eigenvalue weighted by atomic mass is 16.2. The molecule has 0 unspecified atom stereocenters. The maximum Gasteiger partial charge on any atom is 0.325 e. The van der Waals surface area contributed by atoms with Gasteiger partial charge in [-0.2, -0.15) is 0 Å². The zero-order valence-corrected chi connectivity index (χ0v) is 18.7. The highest BCUT2D eigenvalue weighted by Crippen LogP contribution is 2.34. The SMILES string of the molecule is C[C@@H]1C[C@H](C)CN(Cc2ccccc2CNC(=O)CN2C(=O)NC3(CCCC3)C2=O)C1. The average Bonchev–Trinajstić information content (AvgIpc) is 3.27. The van der Waals surface area contributed by atoms with E-state index in [0.29, 0.717) is 31.2 Å². The summed E-state index contributed by atoms with van der Waals surface area (Å²) in [6.07, 6.45) is 4.46. The van der Waals surface area contributed by atoms with Gasteiger partial charge >= 0.3 is 6.03 Å². The summed E-state index contributed by atoms with van der Waals surface area (Å²) in [7, 11) is 0. The van der Waals surface area contributed by atoms with E-state index in [1.165, 1.54) is 12.0 Å². The molecule has 0 aromatic heterocycles. The van der Waals surface area contributed by atoms with Crippen LogP contribution in [-0.2, 0) is 22.7 Å². The van der Waals surface area contributed by atoms with Gasteiger partial charge in [-0.15, -0.1) is 0 Å². The molecule has 2 N–H and O–H groups in total. The lowest BCUT2D eigenvalue weighted by atomic mass is 9.91. The Morgan fingerprint density at radius 3 is 2.42 bits per heavy atom. The highest BCUT2D eigenvalue weighted by molar-refractivity contribution is 6.09. The molecule has 3 fully saturated rings. The Morgan fingerprint density at radius 1 is 1.10 bits per heavy atom. The molecule has 0 radical (unpaired) electrons. The second-order valence-corrected chi connectivity index (χ2v) is 9.80. The van der Waals surface area contributed by atoms with Gasteiger partial charge in [0.15, 0.2) is 0 Å². The maximum absolute atomic E-state index is 12.7. The molecule has 1 saturated carbocycles. The van der Waals surface area contributed by atoms with Crippen LogP contribution in [0.1, 0.15) is 57.1 Å². The number of amides is 4. The van der Waals surface area contributed by atoms with Gasteiger partial charge in [0.2, 0.25) is 5.91 Å². The normalized spacial score (nSPS) is 25.8. The first-order valence-corrected chi connectivity index (χ1v) is 11.6. The van der Waals surface area contributed by atoms with Crippen LogP contribution >= 0.6 is 0 Å². The van der Waals surface area contributed by atoms with Gasteiger partial charge in [-0.3, -0.25) is 19.4 Å². The number of hydrogen-bond donors (Lipinski definition) is 2. The smallest absolute Gasteiger partial charge is 0.325 e. The maximum atomic E-state index is 12.7. The quantitative estimate of drug-likeness (QED) is 0.685. The highest BCUT2D eigenvalue weighted by Gasteiger charge is 2.52. The van der Waals surface area contributed by atoms with Crippen LogP contribution in [0.25, 0.3) is 0 Å². The third-order valence-corrected chi connectivity index (χ3v) is 6.94. The van der Waals surface area contributed by atoms with E-state index < -0.39 is 11.6 Å². The van der Waals surface area contributed by atoms with Crippen LogP contribution in [0.15, 0.2) is 24.3 Å². The lowest BCUT2D eigenvalue weighted by molar-refractivity contribution is -0.134. The van der Waals surface area contributed by atoms with Gasteiger partial charge in [-0.1, -0.05) is 51.0 Å². The van der Waals surface area contributed by atoms with Crippen molar-refractivity contribution in [3.63, 3.8) is 0 Å². The van der Waals surface area contributed by atoms with Crippen molar-refractivity contribution in [2.24, 2.45) is 11.8 Å². The first-order chi connectivity index (χ1) is 14.9. The summed E-state index contributed by atoms with van der Waals surface area (Å²) in [5, 5.41) is 5.73. The number of urea groups is 1. The Labute approximate surface area is 184 Å². The molecule has 3 aliphatic rings. The molecule has 168 valence electrons. The van der Waals surface area contributed by atoms with E-state index in [-0.39, 0.29) is 18.4 Å². The predicted molar refractivity (Wildman–Crippen MR) is 118 cm³/mol. The summed E-state index contributed by atoms with van der Waals surface area (Å²) in [6.45, 7) is 7.84. The van der Waals surface area contributed by atoms with Crippen LogP contribution in [-0.4, -0.2) is 52.8 Å². The average molecular weight is 427 g/mol. The van der Waals surface area contributed by atoms with Crippen molar-refractivity contribution in [1.82, 2.24) is 20.4 Å². The van der Waals surface area contributed by atoms with Gasteiger partial charge < -0.3 is 10.6 Å². The van der Waals surface area contributed by atoms with Gasteiger partial charge in [0.05, 0.1) is 0 Å². The lowest BCUT2D eigenvalue weighted by Gasteiger charge is -2.35. The molecule has 31 heavy (non-hydrogen) atoms. The molecule has 7 nitrogen and oxygen atoms in total. The number of hydrogen-bond acceptors (Lipinski definition) is 4. The molecule has 2 aliphatic heterocycles. The molecular weight excluding hydrogens is 392 g/mol. The Hall–Kier alpha value is -2.41. The Kier molecular flexibility index (Phi) is 6.32. The van der Waals surface area contributed by atoms with E-state index in [2.05, 4.69) is 35.4 Å². The zero-order chi connectivity index (χ0) is 22.0. The van der Waals surface area contributed by atoms with Crippen molar-refractivity contribution in [1.29, 1.82) is 0 Å². The Morgan fingerprint density at radius 2 is 1.74 bits per heavy atom. The number of rotatable bonds is 6. The number of imide groups is 1. The van der Waals surface area contributed by atoms with E-state index >= 15 is 0 Å². The van der Waals surface area contributed by atoms with Crippen molar-refractivity contribution in [2.45, 2.75) is 64.6 Å². The van der Waals surface area contributed by atoms with Gasteiger partial charge in [-0.05, 0) is 42.2 Å². The predicted octanol–water partition coefficient (Wildman–Crippen LogP) is 2.65. The first-order valence-electron chi connectivity index (χ1n) is 11.6. The number of benzene rings is 1. The molecule has 2 atom stereocenters. The molecule has 1 spiro atoms. The summed E-state index contributed by atoms with van der Waals surface area (Å²) in [6, 6.07) is 7.72. The van der Waals surface area contributed by atoms with Crippen LogP contribution in [0.2, 0.25) is 0 Å².